The number of hydrogen-bond donors (Lipinski definition) is 1. The fourth-order valence-electron chi connectivity index (χ4n) is 3.90. The van der Waals surface area contributed by atoms with E-state index in [1.165, 1.54) is 47.2 Å². The number of nitrogens with one attached hydrogen (secondary N) is 1. The maximum Gasteiger partial charge on any atom is 0.242 e. The Balaban J connectivity index is 1.51. The van der Waals surface area contributed by atoms with Gasteiger partial charge < -0.3 is 5.32 Å². The van der Waals surface area contributed by atoms with Crippen molar-refractivity contribution in [2.45, 2.75) is 36.0 Å². The molecule has 1 aliphatic rings. The molecule has 0 saturated heterocycles. The Morgan fingerprint density at radius 2 is 1.81 bits per heavy atom. The molecular formula is C24H20FN3OS2. The summed E-state index contributed by atoms with van der Waals surface area (Å²) in [5.74, 6) is -0.503. The van der Waals surface area contributed by atoms with Gasteiger partial charge in [-0.15, -0.1) is 11.3 Å². The van der Waals surface area contributed by atoms with Crippen molar-refractivity contribution in [1.82, 2.24) is 9.97 Å². The molecule has 0 radical (unpaired) electrons. The predicted molar refractivity (Wildman–Crippen MR) is 124 cm³/mol. The van der Waals surface area contributed by atoms with Crippen LogP contribution in [0.25, 0.3) is 10.2 Å². The molecule has 0 unspecified atom stereocenters. The summed E-state index contributed by atoms with van der Waals surface area (Å²) < 4.78 is 13.3. The van der Waals surface area contributed by atoms with Crippen LogP contribution in [0.5, 0.6) is 0 Å². The van der Waals surface area contributed by atoms with E-state index in [1.54, 1.807) is 29.8 Å². The first-order valence-electron chi connectivity index (χ1n) is 10.2. The highest BCUT2D eigenvalue weighted by Gasteiger charge is 2.26. The average molecular weight is 450 g/mol. The standard InChI is InChI=1S/C24H20FN3OS2/c25-16-10-12-17(13-11-16)28-22(29)21(15-6-2-1-3-7-15)31-24-20-18-8-4-5-9-19(18)30-23(20)26-14-27-24/h1-3,6-7,10-14,21H,4-5,8-9H2,(H,28,29)/t21-/m1/s1. The second-order valence-corrected chi connectivity index (χ2v) is 9.65. The number of carbonyl (C=O) groups is 1. The molecule has 0 spiro atoms. The topological polar surface area (TPSA) is 54.9 Å². The van der Waals surface area contributed by atoms with Crippen molar-refractivity contribution in [1.29, 1.82) is 0 Å². The van der Waals surface area contributed by atoms with Crippen LogP contribution in [0.4, 0.5) is 10.1 Å². The number of amides is 1. The van der Waals surface area contributed by atoms with Crippen LogP contribution in [0.15, 0.2) is 66.0 Å². The summed E-state index contributed by atoms with van der Waals surface area (Å²) in [5.41, 5.74) is 2.80. The number of carbonyl (C=O) groups excluding carboxylic acids is 1. The van der Waals surface area contributed by atoms with Crippen molar-refractivity contribution in [3.8, 4) is 0 Å². The quantitative estimate of drug-likeness (QED) is 0.292. The molecule has 0 saturated carbocycles. The van der Waals surface area contributed by atoms with Crippen LogP contribution in [0.3, 0.4) is 0 Å². The number of fused-ring (bicyclic) bond motifs is 3. The van der Waals surface area contributed by atoms with Crippen molar-refractivity contribution in [2.75, 3.05) is 5.32 Å². The summed E-state index contributed by atoms with van der Waals surface area (Å²) in [6, 6.07) is 15.5. The van der Waals surface area contributed by atoms with Gasteiger partial charge in [0.05, 0.1) is 0 Å². The minimum atomic E-state index is -0.497. The van der Waals surface area contributed by atoms with E-state index >= 15 is 0 Å². The normalized spacial score (nSPS) is 14.2. The summed E-state index contributed by atoms with van der Waals surface area (Å²) in [6.45, 7) is 0. The average Bonchev–Trinajstić information content (AvgIpc) is 3.19. The van der Waals surface area contributed by atoms with Gasteiger partial charge in [0.1, 0.15) is 27.3 Å². The molecule has 0 aliphatic heterocycles. The van der Waals surface area contributed by atoms with Gasteiger partial charge in [0, 0.05) is 16.0 Å². The number of rotatable bonds is 5. The molecule has 0 fully saturated rings. The Bertz CT molecular complexity index is 1230. The lowest BCUT2D eigenvalue weighted by atomic mass is 9.97. The summed E-state index contributed by atoms with van der Waals surface area (Å²) in [5, 5.41) is 4.37. The van der Waals surface area contributed by atoms with E-state index in [4.69, 9.17) is 0 Å². The summed E-state index contributed by atoms with van der Waals surface area (Å²) in [4.78, 5) is 24.8. The number of hydrogen-bond acceptors (Lipinski definition) is 5. The van der Waals surface area contributed by atoms with Crippen molar-refractivity contribution >= 4 is 44.9 Å². The highest BCUT2D eigenvalue weighted by molar-refractivity contribution is 8.00. The van der Waals surface area contributed by atoms with E-state index < -0.39 is 5.25 Å². The largest absolute Gasteiger partial charge is 0.325 e. The Hall–Kier alpha value is -2.77. The van der Waals surface area contributed by atoms with Gasteiger partial charge in [-0.05, 0) is 61.1 Å². The van der Waals surface area contributed by atoms with Gasteiger partial charge in [-0.1, -0.05) is 42.1 Å². The van der Waals surface area contributed by atoms with Crippen LogP contribution in [0, 0.1) is 5.82 Å². The maximum absolute atomic E-state index is 13.3. The zero-order chi connectivity index (χ0) is 21.2. The molecule has 1 atom stereocenters. The van der Waals surface area contributed by atoms with Crippen LogP contribution in [-0.2, 0) is 17.6 Å². The lowest BCUT2D eigenvalue weighted by molar-refractivity contribution is -0.115. The first-order valence-corrected chi connectivity index (χ1v) is 11.9. The molecule has 7 heteroatoms. The van der Waals surface area contributed by atoms with Crippen LogP contribution < -0.4 is 5.32 Å². The van der Waals surface area contributed by atoms with Gasteiger partial charge >= 0.3 is 0 Å². The van der Waals surface area contributed by atoms with E-state index in [-0.39, 0.29) is 11.7 Å². The van der Waals surface area contributed by atoms with Crippen molar-refractivity contribution in [3.05, 3.63) is 82.7 Å². The number of aromatic nitrogens is 2. The Morgan fingerprint density at radius 1 is 1.03 bits per heavy atom. The van der Waals surface area contributed by atoms with Crippen molar-refractivity contribution < 1.29 is 9.18 Å². The monoisotopic (exact) mass is 449 g/mol. The Labute approximate surface area is 187 Å². The number of aryl methyl sites for hydroxylation is 2. The van der Waals surface area contributed by atoms with E-state index in [0.717, 1.165) is 33.6 Å². The van der Waals surface area contributed by atoms with Crippen molar-refractivity contribution in [3.63, 3.8) is 0 Å². The van der Waals surface area contributed by atoms with E-state index in [2.05, 4.69) is 15.3 Å². The molecule has 31 heavy (non-hydrogen) atoms. The molecule has 5 rings (SSSR count). The molecule has 1 N–H and O–H groups in total. The zero-order valence-electron chi connectivity index (χ0n) is 16.7. The molecule has 2 aromatic carbocycles. The maximum atomic E-state index is 13.3. The summed E-state index contributed by atoms with van der Waals surface area (Å²) in [7, 11) is 0. The Kier molecular flexibility index (Phi) is 5.70. The molecule has 156 valence electrons. The summed E-state index contributed by atoms with van der Waals surface area (Å²) in [6.07, 6.45) is 6.10. The number of nitrogens with zero attached hydrogens (tertiary/aromatic N) is 2. The fraction of sp³-hybridized carbons (Fsp3) is 0.208. The van der Waals surface area contributed by atoms with E-state index in [9.17, 15) is 9.18 Å². The molecular weight excluding hydrogens is 429 g/mol. The number of benzene rings is 2. The number of thiophene rings is 1. The number of halogens is 1. The third kappa shape index (κ3) is 4.20. The lowest BCUT2D eigenvalue weighted by Crippen LogP contribution is -2.19. The van der Waals surface area contributed by atoms with Gasteiger partial charge in [-0.25, -0.2) is 14.4 Å². The van der Waals surface area contributed by atoms with Gasteiger partial charge in [0.15, 0.2) is 0 Å². The number of thioether (sulfide) groups is 1. The van der Waals surface area contributed by atoms with Gasteiger partial charge in [0.25, 0.3) is 0 Å². The first-order chi connectivity index (χ1) is 15.2. The summed E-state index contributed by atoms with van der Waals surface area (Å²) >= 11 is 3.20. The molecule has 1 aliphatic carbocycles. The molecule has 2 heterocycles. The predicted octanol–water partition coefficient (Wildman–Crippen LogP) is 6.18. The second kappa shape index (κ2) is 8.77. The third-order valence-corrected chi connectivity index (χ3v) is 7.85. The third-order valence-electron chi connectivity index (χ3n) is 5.40. The van der Waals surface area contributed by atoms with Crippen LogP contribution in [-0.4, -0.2) is 15.9 Å². The smallest absolute Gasteiger partial charge is 0.242 e. The Morgan fingerprint density at radius 3 is 2.61 bits per heavy atom. The van der Waals surface area contributed by atoms with E-state index in [0.29, 0.717) is 5.69 Å². The van der Waals surface area contributed by atoms with Crippen LogP contribution >= 0.6 is 23.1 Å². The lowest BCUT2D eigenvalue weighted by Gasteiger charge is -2.18. The zero-order valence-corrected chi connectivity index (χ0v) is 18.3. The fourth-order valence-corrected chi connectivity index (χ4v) is 6.33. The van der Waals surface area contributed by atoms with Gasteiger partial charge in [-0.3, -0.25) is 4.79 Å². The SMILES string of the molecule is O=C(Nc1ccc(F)cc1)[C@H](Sc1ncnc2sc3c(c12)CCCC3)c1ccccc1. The minimum Gasteiger partial charge on any atom is -0.325 e. The molecule has 4 aromatic rings. The highest BCUT2D eigenvalue weighted by Crippen LogP contribution is 2.43. The molecule has 0 bridgehead atoms. The first kappa shape index (κ1) is 20.2. The van der Waals surface area contributed by atoms with E-state index in [1.807, 2.05) is 30.3 Å². The molecule has 4 nitrogen and oxygen atoms in total. The van der Waals surface area contributed by atoms with Gasteiger partial charge in [0.2, 0.25) is 5.91 Å². The van der Waals surface area contributed by atoms with Crippen molar-refractivity contribution in [2.24, 2.45) is 0 Å². The molecule has 1 amide bonds. The minimum absolute atomic E-state index is 0.168. The number of anilines is 1. The van der Waals surface area contributed by atoms with Gasteiger partial charge in [-0.2, -0.15) is 0 Å². The van der Waals surface area contributed by atoms with Crippen LogP contribution in [0.2, 0.25) is 0 Å². The second-order valence-electron chi connectivity index (χ2n) is 7.47. The molecule has 2 aromatic heterocycles. The van der Waals surface area contributed by atoms with Crippen LogP contribution in [0.1, 0.15) is 34.1 Å². The highest BCUT2D eigenvalue weighted by atomic mass is 32.2.